The predicted molar refractivity (Wildman–Crippen MR) is 125 cm³/mol. The van der Waals surface area contributed by atoms with Crippen LogP contribution in [0.15, 0.2) is 78.4 Å². The lowest BCUT2D eigenvalue weighted by Crippen LogP contribution is -2.29. The lowest BCUT2D eigenvalue weighted by Gasteiger charge is -2.26. The quantitative estimate of drug-likeness (QED) is 0.348. The van der Waals surface area contributed by atoms with E-state index in [0.29, 0.717) is 29.2 Å². The molecule has 6 nitrogen and oxygen atoms in total. The summed E-state index contributed by atoms with van der Waals surface area (Å²) in [5.41, 5.74) is 2.90. The van der Waals surface area contributed by atoms with Crippen molar-refractivity contribution < 1.29 is 19.4 Å². The third-order valence-corrected chi connectivity index (χ3v) is 5.62. The van der Waals surface area contributed by atoms with Crippen LogP contribution >= 0.6 is 0 Å². The Labute approximate surface area is 192 Å². The Balaban J connectivity index is 1.93. The summed E-state index contributed by atoms with van der Waals surface area (Å²) < 4.78 is 5.53. The van der Waals surface area contributed by atoms with Crippen LogP contribution in [0.2, 0.25) is 0 Å². The molecule has 0 saturated carbocycles. The van der Waals surface area contributed by atoms with E-state index in [1.54, 1.807) is 48.5 Å². The number of hydrogen-bond donors (Lipinski definition) is 1. The Morgan fingerprint density at radius 1 is 1.06 bits per heavy atom. The number of nitriles is 1. The van der Waals surface area contributed by atoms with Crippen LogP contribution in [0.25, 0.3) is 5.76 Å². The summed E-state index contributed by atoms with van der Waals surface area (Å²) in [6.07, 6.45) is 0. The number of anilines is 1. The fourth-order valence-corrected chi connectivity index (χ4v) is 4.04. The molecule has 0 aliphatic carbocycles. The molecule has 1 aliphatic rings. The van der Waals surface area contributed by atoms with Gasteiger partial charge in [-0.25, -0.2) is 0 Å². The maximum Gasteiger partial charge on any atom is 0.300 e. The van der Waals surface area contributed by atoms with Crippen molar-refractivity contribution in [2.45, 2.75) is 19.9 Å². The number of aliphatic hydroxyl groups excluding tert-OH is 1. The fraction of sp³-hybridized carbons (Fsp3) is 0.148. The molecule has 0 bridgehead atoms. The molecule has 0 radical (unpaired) electrons. The zero-order chi connectivity index (χ0) is 23.5. The summed E-state index contributed by atoms with van der Waals surface area (Å²) in [5.74, 6) is -1.22. The van der Waals surface area contributed by atoms with Crippen molar-refractivity contribution >= 4 is 23.1 Å². The fourth-order valence-electron chi connectivity index (χ4n) is 4.04. The summed E-state index contributed by atoms with van der Waals surface area (Å²) >= 11 is 0. The number of aliphatic hydroxyl groups is 1. The normalized spacial score (nSPS) is 17.1. The third kappa shape index (κ3) is 3.97. The van der Waals surface area contributed by atoms with Gasteiger partial charge in [0.05, 0.1) is 29.9 Å². The third-order valence-electron chi connectivity index (χ3n) is 5.62. The number of carbonyl (C=O) groups excluding carboxylic acids is 2. The second-order valence-electron chi connectivity index (χ2n) is 7.65. The second kappa shape index (κ2) is 9.01. The topological polar surface area (TPSA) is 90.6 Å². The van der Waals surface area contributed by atoms with E-state index in [2.05, 4.69) is 0 Å². The molecular formula is C27H22N2O4. The predicted octanol–water partition coefficient (Wildman–Crippen LogP) is 4.89. The van der Waals surface area contributed by atoms with Crippen molar-refractivity contribution in [3.63, 3.8) is 0 Å². The molecule has 0 aromatic heterocycles. The van der Waals surface area contributed by atoms with E-state index in [0.717, 1.165) is 11.1 Å². The highest BCUT2D eigenvalue weighted by atomic mass is 16.5. The SMILES string of the molecule is CCOc1cccc(/C(O)=C2\C(=O)C(=O)N(c3ccc(C#N)cc3)C2c2ccccc2C)c1. The van der Waals surface area contributed by atoms with Crippen molar-refractivity contribution in [2.24, 2.45) is 0 Å². The van der Waals surface area contributed by atoms with Crippen LogP contribution in [0.3, 0.4) is 0 Å². The number of nitrogens with zero attached hydrogens (tertiary/aromatic N) is 2. The van der Waals surface area contributed by atoms with Crippen LogP contribution in [-0.2, 0) is 9.59 Å². The van der Waals surface area contributed by atoms with E-state index in [1.165, 1.54) is 4.90 Å². The molecule has 164 valence electrons. The number of amides is 1. The van der Waals surface area contributed by atoms with Crippen LogP contribution < -0.4 is 9.64 Å². The zero-order valence-electron chi connectivity index (χ0n) is 18.3. The zero-order valence-corrected chi connectivity index (χ0v) is 18.3. The number of benzene rings is 3. The molecule has 1 amide bonds. The first-order valence-corrected chi connectivity index (χ1v) is 10.6. The highest BCUT2D eigenvalue weighted by molar-refractivity contribution is 6.51. The average molecular weight is 438 g/mol. The van der Waals surface area contributed by atoms with Crippen molar-refractivity contribution in [1.82, 2.24) is 0 Å². The minimum absolute atomic E-state index is 0.00677. The number of Topliss-reactive ketones (excluding diaryl/α,β-unsaturated/α-hetero) is 1. The van der Waals surface area contributed by atoms with Gasteiger partial charge in [0.1, 0.15) is 11.5 Å². The van der Waals surface area contributed by atoms with Crippen LogP contribution in [-0.4, -0.2) is 23.4 Å². The number of ether oxygens (including phenoxy) is 1. The van der Waals surface area contributed by atoms with Crippen LogP contribution in [0.5, 0.6) is 5.75 Å². The van der Waals surface area contributed by atoms with Crippen LogP contribution in [0.1, 0.15) is 35.2 Å². The first kappa shape index (κ1) is 21.8. The van der Waals surface area contributed by atoms with Crippen molar-refractivity contribution in [2.75, 3.05) is 11.5 Å². The van der Waals surface area contributed by atoms with Gasteiger partial charge in [0.15, 0.2) is 0 Å². The molecular weight excluding hydrogens is 416 g/mol. The van der Waals surface area contributed by atoms with Gasteiger partial charge in [-0.2, -0.15) is 5.26 Å². The van der Waals surface area contributed by atoms with Gasteiger partial charge in [0.2, 0.25) is 0 Å². The highest BCUT2D eigenvalue weighted by Crippen LogP contribution is 2.43. The van der Waals surface area contributed by atoms with Crippen molar-refractivity contribution in [3.8, 4) is 11.8 Å². The van der Waals surface area contributed by atoms with E-state index < -0.39 is 17.7 Å². The molecule has 4 rings (SSSR count). The van der Waals surface area contributed by atoms with Crippen LogP contribution in [0, 0.1) is 18.3 Å². The molecule has 1 unspecified atom stereocenters. The summed E-state index contributed by atoms with van der Waals surface area (Å²) in [6.45, 7) is 4.20. The van der Waals surface area contributed by atoms with Gasteiger partial charge in [-0.15, -0.1) is 0 Å². The Bertz CT molecular complexity index is 1300. The molecule has 0 spiro atoms. The Hall–Kier alpha value is -4.37. The van der Waals surface area contributed by atoms with Crippen molar-refractivity contribution in [1.29, 1.82) is 5.26 Å². The van der Waals surface area contributed by atoms with E-state index in [1.807, 2.05) is 44.2 Å². The van der Waals surface area contributed by atoms with E-state index in [-0.39, 0.29) is 11.3 Å². The number of carbonyl (C=O) groups is 2. The second-order valence-corrected chi connectivity index (χ2v) is 7.65. The van der Waals surface area contributed by atoms with E-state index in [4.69, 9.17) is 10.00 Å². The average Bonchev–Trinajstić information content (AvgIpc) is 3.09. The van der Waals surface area contributed by atoms with Gasteiger partial charge in [0.25, 0.3) is 11.7 Å². The maximum atomic E-state index is 13.2. The number of aryl methyl sites for hydroxylation is 1. The first-order valence-electron chi connectivity index (χ1n) is 10.6. The summed E-state index contributed by atoms with van der Waals surface area (Å²) in [7, 11) is 0. The molecule has 1 saturated heterocycles. The van der Waals surface area contributed by atoms with Gasteiger partial charge in [-0.3, -0.25) is 14.5 Å². The van der Waals surface area contributed by atoms with Crippen LogP contribution in [0.4, 0.5) is 5.69 Å². The lowest BCUT2D eigenvalue weighted by atomic mass is 9.92. The number of hydrogen-bond acceptors (Lipinski definition) is 5. The molecule has 3 aromatic carbocycles. The smallest absolute Gasteiger partial charge is 0.300 e. The van der Waals surface area contributed by atoms with Crippen molar-refractivity contribution in [3.05, 3.63) is 101 Å². The molecule has 1 atom stereocenters. The van der Waals surface area contributed by atoms with Gasteiger partial charge < -0.3 is 9.84 Å². The minimum Gasteiger partial charge on any atom is -0.507 e. The maximum absolute atomic E-state index is 13.2. The molecule has 33 heavy (non-hydrogen) atoms. The summed E-state index contributed by atoms with van der Waals surface area (Å²) in [6, 6.07) is 21.9. The summed E-state index contributed by atoms with van der Waals surface area (Å²) in [4.78, 5) is 27.8. The molecule has 3 aromatic rings. The van der Waals surface area contributed by atoms with E-state index in [9.17, 15) is 14.7 Å². The number of ketones is 1. The van der Waals surface area contributed by atoms with E-state index >= 15 is 0 Å². The largest absolute Gasteiger partial charge is 0.507 e. The Kier molecular flexibility index (Phi) is 5.97. The monoisotopic (exact) mass is 438 g/mol. The lowest BCUT2D eigenvalue weighted by molar-refractivity contribution is -0.132. The van der Waals surface area contributed by atoms with Gasteiger partial charge >= 0.3 is 0 Å². The van der Waals surface area contributed by atoms with Gasteiger partial charge in [-0.1, -0.05) is 36.4 Å². The molecule has 6 heteroatoms. The molecule has 1 heterocycles. The highest BCUT2D eigenvalue weighted by Gasteiger charge is 2.47. The molecule has 1 N–H and O–H groups in total. The molecule has 1 fully saturated rings. The molecule has 1 aliphatic heterocycles. The standard InChI is InChI=1S/C27H22N2O4/c1-3-33-21-9-6-8-19(15-21)25(30)23-24(22-10-5-4-7-17(22)2)29(27(32)26(23)31)20-13-11-18(16-28)12-14-20/h4-15,24,30H,3H2,1-2H3/b25-23+. The Morgan fingerprint density at radius 3 is 2.45 bits per heavy atom. The number of rotatable bonds is 5. The minimum atomic E-state index is -0.824. The van der Waals surface area contributed by atoms with Gasteiger partial charge in [0, 0.05) is 11.3 Å². The first-order chi connectivity index (χ1) is 16.0. The summed E-state index contributed by atoms with van der Waals surface area (Å²) in [5, 5.41) is 20.4. The Morgan fingerprint density at radius 2 is 1.79 bits per heavy atom. The van der Waals surface area contributed by atoms with Gasteiger partial charge in [-0.05, 0) is 61.4 Å².